The van der Waals surface area contributed by atoms with Crippen molar-refractivity contribution in [2.24, 2.45) is 0 Å². The van der Waals surface area contributed by atoms with E-state index in [1.165, 1.54) is 0 Å². The van der Waals surface area contributed by atoms with Gasteiger partial charge >= 0.3 is 0 Å². The second-order valence-electron chi connectivity index (χ2n) is 7.22. The van der Waals surface area contributed by atoms with Gasteiger partial charge in [-0.2, -0.15) is 0 Å². The summed E-state index contributed by atoms with van der Waals surface area (Å²) in [5, 5.41) is 5.63. The number of anilines is 1. The molecule has 0 aromatic heterocycles. The molecular formula is C25H26N2O2. The Kier molecular flexibility index (Phi) is 6.80. The molecule has 0 spiro atoms. The molecule has 0 heterocycles. The van der Waals surface area contributed by atoms with E-state index in [1.54, 1.807) is 0 Å². The van der Waals surface area contributed by atoms with Crippen LogP contribution in [0.1, 0.15) is 34.6 Å². The number of hydrogen-bond donors (Lipinski definition) is 2. The Morgan fingerprint density at radius 2 is 1.38 bits per heavy atom. The van der Waals surface area contributed by atoms with Crippen molar-refractivity contribution >= 4 is 17.5 Å². The smallest absolute Gasteiger partial charge is 0.243 e. The molecule has 0 atom stereocenters. The summed E-state index contributed by atoms with van der Waals surface area (Å²) in [6.45, 7) is 3.87. The Balaban J connectivity index is 1.62. The molecule has 3 aromatic carbocycles. The zero-order chi connectivity index (χ0) is 20.6. The van der Waals surface area contributed by atoms with E-state index in [0.717, 1.165) is 27.9 Å². The van der Waals surface area contributed by atoms with Crippen molar-refractivity contribution in [2.45, 2.75) is 26.2 Å². The third-order valence-electron chi connectivity index (χ3n) is 4.91. The topological polar surface area (TPSA) is 58.2 Å². The summed E-state index contributed by atoms with van der Waals surface area (Å²) in [5.74, 6) is -0.443. The molecule has 4 heteroatoms. The van der Waals surface area contributed by atoms with Crippen LogP contribution in [0.4, 0.5) is 5.69 Å². The minimum absolute atomic E-state index is 0.0531. The highest BCUT2D eigenvalue weighted by Crippen LogP contribution is 2.27. The largest absolute Gasteiger partial charge is 0.347 e. The fraction of sp³-hybridized carbons (Fsp3) is 0.200. The molecule has 0 saturated heterocycles. The molecule has 0 saturated carbocycles. The Bertz CT molecular complexity index is 929. The standard InChI is InChI=1S/C25H26N2O2/c1-18-13-14-19(2)23(15-18)27-25(29)17-26-24(28)16-22(20-9-5-3-6-10-20)21-11-7-4-8-12-21/h3-15,22H,16-17H2,1-2H3,(H,26,28)(H,27,29). The summed E-state index contributed by atoms with van der Waals surface area (Å²) in [5.41, 5.74) is 4.99. The average molecular weight is 386 g/mol. The first kappa shape index (κ1) is 20.3. The molecule has 29 heavy (non-hydrogen) atoms. The third kappa shape index (κ3) is 5.79. The van der Waals surface area contributed by atoms with Crippen molar-refractivity contribution in [1.82, 2.24) is 5.32 Å². The number of carbonyl (C=O) groups excluding carboxylic acids is 2. The number of nitrogens with one attached hydrogen (secondary N) is 2. The third-order valence-corrected chi connectivity index (χ3v) is 4.91. The quantitative estimate of drug-likeness (QED) is 0.624. The van der Waals surface area contributed by atoms with Gasteiger partial charge in [-0.1, -0.05) is 72.8 Å². The van der Waals surface area contributed by atoms with Crippen molar-refractivity contribution in [3.63, 3.8) is 0 Å². The number of amides is 2. The van der Waals surface area contributed by atoms with E-state index >= 15 is 0 Å². The number of rotatable bonds is 7. The van der Waals surface area contributed by atoms with Crippen LogP contribution in [0.15, 0.2) is 78.9 Å². The van der Waals surface area contributed by atoms with Gasteiger partial charge < -0.3 is 10.6 Å². The number of aryl methyl sites for hydroxylation is 2. The normalized spacial score (nSPS) is 10.6. The van der Waals surface area contributed by atoms with Gasteiger partial charge in [0.1, 0.15) is 0 Å². The van der Waals surface area contributed by atoms with Gasteiger partial charge in [0.15, 0.2) is 0 Å². The van der Waals surface area contributed by atoms with Gasteiger partial charge in [0, 0.05) is 18.0 Å². The van der Waals surface area contributed by atoms with E-state index in [9.17, 15) is 9.59 Å². The minimum Gasteiger partial charge on any atom is -0.347 e. The first-order valence-corrected chi connectivity index (χ1v) is 9.76. The first-order valence-electron chi connectivity index (χ1n) is 9.76. The zero-order valence-corrected chi connectivity index (χ0v) is 16.8. The van der Waals surface area contributed by atoms with Gasteiger partial charge in [-0.15, -0.1) is 0 Å². The predicted molar refractivity (Wildman–Crippen MR) is 117 cm³/mol. The number of hydrogen-bond acceptors (Lipinski definition) is 2. The van der Waals surface area contributed by atoms with E-state index in [1.807, 2.05) is 92.7 Å². The Morgan fingerprint density at radius 3 is 1.97 bits per heavy atom. The fourth-order valence-electron chi connectivity index (χ4n) is 3.30. The molecule has 2 amide bonds. The summed E-state index contributed by atoms with van der Waals surface area (Å²) in [4.78, 5) is 24.9. The lowest BCUT2D eigenvalue weighted by Gasteiger charge is -2.18. The average Bonchev–Trinajstić information content (AvgIpc) is 2.74. The minimum atomic E-state index is -0.233. The molecule has 0 aliphatic carbocycles. The van der Waals surface area contributed by atoms with E-state index in [0.29, 0.717) is 0 Å². The van der Waals surface area contributed by atoms with Crippen molar-refractivity contribution in [3.05, 3.63) is 101 Å². The molecule has 0 radical (unpaired) electrons. The number of carbonyl (C=O) groups is 2. The molecule has 0 aliphatic rings. The molecule has 0 aliphatic heterocycles. The highest BCUT2D eigenvalue weighted by molar-refractivity contribution is 5.95. The summed E-state index contributed by atoms with van der Waals surface area (Å²) in [6, 6.07) is 25.8. The maximum absolute atomic E-state index is 12.6. The van der Waals surface area contributed by atoms with Crippen molar-refractivity contribution in [2.75, 3.05) is 11.9 Å². The maximum Gasteiger partial charge on any atom is 0.243 e. The second kappa shape index (κ2) is 9.69. The lowest BCUT2D eigenvalue weighted by molar-refractivity contribution is -0.124. The van der Waals surface area contributed by atoms with E-state index in [2.05, 4.69) is 10.6 Å². The van der Waals surface area contributed by atoms with Crippen molar-refractivity contribution < 1.29 is 9.59 Å². The van der Waals surface area contributed by atoms with Crippen LogP contribution >= 0.6 is 0 Å². The molecule has 3 aromatic rings. The Labute approximate surface area is 172 Å². The molecular weight excluding hydrogens is 360 g/mol. The monoisotopic (exact) mass is 386 g/mol. The molecule has 2 N–H and O–H groups in total. The van der Waals surface area contributed by atoms with Crippen LogP contribution in [0.2, 0.25) is 0 Å². The second-order valence-corrected chi connectivity index (χ2v) is 7.22. The molecule has 0 unspecified atom stereocenters. The van der Waals surface area contributed by atoms with E-state index in [4.69, 9.17) is 0 Å². The van der Waals surface area contributed by atoms with Gasteiger partial charge in [0.25, 0.3) is 0 Å². The lowest BCUT2D eigenvalue weighted by Crippen LogP contribution is -2.33. The Morgan fingerprint density at radius 1 is 0.793 bits per heavy atom. The zero-order valence-electron chi connectivity index (χ0n) is 16.8. The van der Waals surface area contributed by atoms with Crippen LogP contribution < -0.4 is 10.6 Å². The van der Waals surface area contributed by atoms with Crippen LogP contribution in [0.5, 0.6) is 0 Å². The van der Waals surface area contributed by atoms with Crippen molar-refractivity contribution in [3.8, 4) is 0 Å². The molecule has 0 bridgehead atoms. The maximum atomic E-state index is 12.6. The van der Waals surface area contributed by atoms with Crippen LogP contribution in [0.3, 0.4) is 0 Å². The van der Waals surface area contributed by atoms with Gasteiger partial charge in [-0.05, 0) is 42.2 Å². The molecule has 0 fully saturated rings. The predicted octanol–water partition coefficient (Wildman–Crippen LogP) is 4.58. The van der Waals surface area contributed by atoms with E-state index in [-0.39, 0.29) is 30.7 Å². The summed E-state index contributed by atoms with van der Waals surface area (Å²) in [7, 11) is 0. The molecule has 3 rings (SSSR count). The molecule has 148 valence electrons. The SMILES string of the molecule is Cc1ccc(C)c(NC(=O)CNC(=O)CC(c2ccccc2)c2ccccc2)c1. The van der Waals surface area contributed by atoms with Crippen LogP contribution in [0.25, 0.3) is 0 Å². The van der Waals surface area contributed by atoms with Crippen LogP contribution in [-0.2, 0) is 9.59 Å². The van der Waals surface area contributed by atoms with Crippen LogP contribution in [0, 0.1) is 13.8 Å². The summed E-state index contributed by atoms with van der Waals surface area (Å²) in [6.07, 6.45) is 0.283. The van der Waals surface area contributed by atoms with Gasteiger partial charge in [0.05, 0.1) is 6.54 Å². The summed E-state index contributed by atoms with van der Waals surface area (Å²) >= 11 is 0. The van der Waals surface area contributed by atoms with E-state index < -0.39 is 0 Å². The number of benzene rings is 3. The highest BCUT2D eigenvalue weighted by Gasteiger charge is 2.18. The van der Waals surface area contributed by atoms with Gasteiger partial charge in [-0.3, -0.25) is 9.59 Å². The van der Waals surface area contributed by atoms with Gasteiger partial charge in [-0.25, -0.2) is 0 Å². The first-order chi connectivity index (χ1) is 14.0. The molecule has 4 nitrogen and oxygen atoms in total. The highest BCUT2D eigenvalue weighted by atomic mass is 16.2. The van der Waals surface area contributed by atoms with Crippen LogP contribution in [-0.4, -0.2) is 18.4 Å². The Hall–Kier alpha value is -3.40. The van der Waals surface area contributed by atoms with Crippen molar-refractivity contribution in [1.29, 1.82) is 0 Å². The lowest BCUT2D eigenvalue weighted by atomic mass is 9.88. The summed E-state index contributed by atoms with van der Waals surface area (Å²) < 4.78 is 0. The fourth-order valence-corrected chi connectivity index (χ4v) is 3.30. The van der Waals surface area contributed by atoms with Gasteiger partial charge in [0.2, 0.25) is 11.8 Å².